The van der Waals surface area contributed by atoms with Gasteiger partial charge in [0.25, 0.3) is 0 Å². The van der Waals surface area contributed by atoms with E-state index >= 15 is 0 Å². The van der Waals surface area contributed by atoms with Crippen LogP contribution >= 0.6 is 0 Å². The van der Waals surface area contributed by atoms with Crippen LogP contribution < -0.4 is 4.72 Å². The van der Waals surface area contributed by atoms with Crippen molar-refractivity contribution >= 4 is 10.0 Å². The fourth-order valence-corrected chi connectivity index (χ4v) is 2.75. The quantitative estimate of drug-likeness (QED) is 0.850. The van der Waals surface area contributed by atoms with Gasteiger partial charge in [0.05, 0.1) is 17.7 Å². The van der Waals surface area contributed by atoms with E-state index < -0.39 is 10.0 Å². The number of aromatic nitrogens is 2. The van der Waals surface area contributed by atoms with Crippen molar-refractivity contribution < 1.29 is 13.5 Å². The Morgan fingerprint density at radius 2 is 1.95 bits per heavy atom. The van der Waals surface area contributed by atoms with E-state index in [2.05, 4.69) is 9.82 Å². The van der Waals surface area contributed by atoms with Gasteiger partial charge < -0.3 is 5.11 Å². The second kappa shape index (κ2) is 5.74. The molecule has 0 radical (unpaired) electrons. The fraction of sp³-hybridized carbons (Fsp3) is 0.308. The highest BCUT2D eigenvalue weighted by molar-refractivity contribution is 7.89. The topological polar surface area (TPSA) is 84.2 Å². The first kappa shape index (κ1) is 14.7. The highest BCUT2D eigenvalue weighted by atomic mass is 32.2. The maximum atomic E-state index is 12.1. The van der Waals surface area contributed by atoms with Crippen molar-refractivity contribution in [3.8, 4) is 0 Å². The molecule has 0 amide bonds. The Hall–Kier alpha value is -1.70. The molecule has 1 heterocycles. The molecular formula is C13H17N3O3S. The van der Waals surface area contributed by atoms with Crippen LogP contribution in [-0.4, -0.2) is 23.3 Å². The molecule has 0 atom stereocenters. The van der Waals surface area contributed by atoms with Crippen LogP contribution in [0.3, 0.4) is 0 Å². The minimum absolute atomic E-state index is 0.108. The predicted octanol–water partition coefficient (Wildman–Crippen LogP) is 0.699. The minimum atomic E-state index is -3.56. The van der Waals surface area contributed by atoms with Gasteiger partial charge in [-0.1, -0.05) is 12.1 Å². The molecule has 0 aliphatic heterocycles. The summed E-state index contributed by atoms with van der Waals surface area (Å²) in [5.74, 6) is 0. The van der Waals surface area contributed by atoms with E-state index in [-0.39, 0.29) is 18.0 Å². The first-order chi connectivity index (χ1) is 9.44. The molecule has 0 aliphatic rings. The van der Waals surface area contributed by atoms with Gasteiger partial charge in [0.1, 0.15) is 0 Å². The Bertz CT molecular complexity index is 690. The zero-order chi connectivity index (χ0) is 14.8. The van der Waals surface area contributed by atoms with E-state index in [1.54, 1.807) is 30.1 Å². The van der Waals surface area contributed by atoms with Crippen LogP contribution in [0.1, 0.15) is 16.8 Å². The summed E-state index contributed by atoms with van der Waals surface area (Å²) in [5.41, 5.74) is 2.43. The number of hydrogen-bond acceptors (Lipinski definition) is 4. The molecule has 0 spiro atoms. The lowest BCUT2D eigenvalue weighted by Gasteiger charge is -2.07. The summed E-state index contributed by atoms with van der Waals surface area (Å²) >= 11 is 0. The fourth-order valence-electron chi connectivity index (χ4n) is 1.75. The van der Waals surface area contributed by atoms with Crippen molar-refractivity contribution in [3.05, 3.63) is 47.3 Å². The third-order valence-electron chi connectivity index (χ3n) is 3.21. The number of aryl methyl sites for hydroxylation is 1. The average Bonchev–Trinajstić information content (AvgIpc) is 2.77. The number of aliphatic hydroxyl groups is 1. The Labute approximate surface area is 118 Å². The van der Waals surface area contributed by atoms with Gasteiger partial charge in [0, 0.05) is 24.8 Å². The molecule has 0 bridgehead atoms. The lowest BCUT2D eigenvalue weighted by atomic mass is 10.2. The Kier molecular flexibility index (Phi) is 4.22. The molecule has 20 heavy (non-hydrogen) atoms. The van der Waals surface area contributed by atoms with Crippen molar-refractivity contribution in [1.82, 2.24) is 14.5 Å². The van der Waals surface area contributed by atoms with Crippen molar-refractivity contribution in [2.24, 2.45) is 7.05 Å². The number of nitrogens with one attached hydrogen (secondary N) is 1. The monoisotopic (exact) mass is 295 g/mol. The molecule has 0 saturated heterocycles. The largest absolute Gasteiger partial charge is 0.392 e. The second-order valence-electron chi connectivity index (χ2n) is 4.51. The molecule has 0 aliphatic carbocycles. The summed E-state index contributed by atoms with van der Waals surface area (Å²) < 4.78 is 28.5. The number of aliphatic hydroxyl groups excluding tert-OH is 1. The van der Waals surface area contributed by atoms with Crippen LogP contribution in [0.15, 0.2) is 35.4 Å². The lowest BCUT2D eigenvalue weighted by molar-refractivity contribution is 0.282. The van der Waals surface area contributed by atoms with Crippen LogP contribution in [0.25, 0.3) is 0 Å². The number of nitrogens with zero attached hydrogens (tertiary/aromatic N) is 2. The van der Waals surface area contributed by atoms with Gasteiger partial charge in [0.2, 0.25) is 10.0 Å². The van der Waals surface area contributed by atoms with Gasteiger partial charge in [-0.2, -0.15) is 5.10 Å². The summed E-state index contributed by atoms with van der Waals surface area (Å²) in [5, 5.41) is 13.0. The molecular weight excluding hydrogens is 278 g/mol. The molecule has 108 valence electrons. The first-order valence-corrected chi connectivity index (χ1v) is 7.59. The van der Waals surface area contributed by atoms with Gasteiger partial charge in [-0.05, 0) is 24.6 Å². The smallest absolute Gasteiger partial charge is 0.240 e. The number of benzene rings is 1. The molecule has 2 N–H and O–H groups in total. The number of hydrogen-bond donors (Lipinski definition) is 2. The second-order valence-corrected chi connectivity index (χ2v) is 6.27. The van der Waals surface area contributed by atoms with Crippen LogP contribution in [0.5, 0.6) is 0 Å². The third-order valence-corrected chi connectivity index (χ3v) is 4.62. The van der Waals surface area contributed by atoms with Gasteiger partial charge in [-0.15, -0.1) is 0 Å². The van der Waals surface area contributed by atoms with Gasteiger partial charge >= 0.3 is 0 Å². The Morgan fingerprint density at radius 1 is 1.30 bits per heavy atom. The maximum absolute atomic E-state index is 12.1. The number of sulfonamides is 1. The summed E-state index contributed by atoms with van der Waals surface area (Å²) in [7, 11) is -1.75. The van der Waals surface area contributed by atoms with Crippen LogP contribution in [0.2, 0.25) is 0 Å². The minimum Gasteiger partial charge on any atom is -0.392 e. The molecule has 6 nitrogen and oxygen atoms in total. The predicted molar refractivity (Wildman–Crippen MR) is 74.3 cm³/mol. The van der Waals surface area contributed by atoms with Crippen LogP contribution in [-0.2, 0) is 30.2 Å². The molecule has 7 heteroatoms. The molecule has 0 saturated carbocycles. The highest BCUT2D eigenvalue weighted by Crippen LogP contribution is 2.12. The molecule has 2 aromatic rings. The molecule has 0 fully saturated rings. The average molecular weight is 295 g/mol. The standard InChI is InChI=1S/C13H17N3O3S/c1-10-12(7-14-16(10)2)8-15-20(18,19)13-5-3-11(9-17)4-6-13/h3-7,15,17H,8-9H2,1-2H3. The maximum Gasteiger partial charge on any atom is 0.240 e. The van der Waals surface area contributed by atoms with E-state index in [0.29, 0.717) is 5.56 Å². The van der Waals surface area contributed by atoms with E-state index in [0.717, 1.165) is 11.3 Å². The zero-order valence-electron chi connectivity index (χ0n) is 11.4. The lowest BCUT2D eigenvalue weighted by Crippen LogP contribution is -2.23. The van der Waals surface area contributed by atoms with E-state index in [9.17, 15) is 8.42 Å². The number of rotatable bonds is 5. The third kappa shape index (κ3) is 3.06. The zero-order valence-corrected chi connectivity index (χ0v) is 12.2. The molecule has 2 rings (SSSR count). The van der Waals surface area contributed by atoms with Crippen molar-refractivity contribution in [3.63, 3.8) is 0 Å². The van der Waals surface area contributed by atoms with Gasteiger partial charge in [-0.25, -0.2) is 13.1 Å². The summed E-state index contributed by atoms with van der Waals surface area (Å²) in [4.78, 5) is 0.177. The van der Waals surface area contributed by atoms with E-state index in [4.69, 9.17) is 5.11 Å². The van der Waals surface area contributed by atoms with E-state index in [1.165, 1.54) is 12.1 Å². The summed E-state index contributed by atoms with van der Waals surface area (Å²) in [6.45, 7) is 1.97. The van der Waals surface area contributed by atoms with Gasteiger partial charge in [0.15, 0.2) is 0 Å². The van der Waals surface area contributed by atoms with Gasteiger partial charge in [-0.3, -0.25) is 4.68 Å². The van der Waals surface area contributed by atoms with Crippen LogP contribution in [0.4, 0.5) is 0 Å². The van der Waals surface area contributed by atoms with Crippen molar-refractivity contribution in [2.75, 3.05) is 0 Å². The van der Waals surface area contributed by atoms with Crippen molar-refractivity contribution in [2.45, 2.75) is 25.0 Å². The molecule has 0 unspecified atom stereocenters. The molecule has 1 aromatic carbocycles. The normalized spacial score (nSPS) is 11.8. The van der Waals surface area contributed by atoms with Crippen LogP contribution in [0, 0.1) is 6.92 Å². The summed E-state index contributed by atoms with van der Waals surface area (Å²) in [6.07, 6.45) is 1.65. The SMILES string of the molecule is Cc1c(CNS(=O)(=O)c2ccc(CO)cc2)cnn1C. The highest BCUT2D eigenvalue weighted by Gasteiger charge is 2.14. The van der Waals surface area contributed by atoms with Crippen molar-refractivity contribution in [1.29, 1.82) is 0 Å². The van der Waals surface area contributed by atoms with E-state index in [1.807, 2.05) is 6.92 Å². The Morgan fingerprint density at radius 3 is 2.45 bits per heavy atom. The summed E-state index contributed by atoms with van der Waals surface area (Å²) in [6, 6.07) is 6.13. The molecule has 1 aromatic heterocycles. The Balaban J connectivity index is 2.12. The first-order valence-electron chi connectivity index (χ1n) is 6.11.